The van der Waals surface area contributed by atoms with Gasteiger partial charge in [-0.2, -0.15) is 0 Å². The molecule has 0 spiro atoms. The fraction of sp³-hybridized carbons (Fsp3) is 1.00. The highest BCUT2D eigenvalue weighted by Crippen LogP contribution is 2.04. The zero-order valence-corrected chi connectivity index (χ0v) is 11.9. The number of nitrogens with one attached hydrogen (secondary N) is 1. The van der Waals surface area contributed by atoms with Crippen molar-refractivity contribution in [1.29, 1.82) is 0 Å². The SMILES string of the molecule is CCCC(C)OCCCCCNC(C)(C)C. The third-order valence-electron chi connectivity index (χ3n) is 2.57. The first-order chi connectivity index (χ1) is 7.45. The van der Waals surface area contributed by atoms with E-state index in [4.69, 9.17) is 4.74 Å². The Bertz CT molecular complexity index is 151. The molecule has 2 nitrogen and oxygen atoms in total. The van der Waals surface area contributed by atoms with Crippen LogP contribution in [0.1, 0.15) is 66.7 Å². The van der Waals surface area contributed by atoms with E-state index in [0.29, 0.717) is 6.10 Å². The Balaban J connectivity index is 3.16. The minimum atomic E-state index is 0.256. The molecule has 0 aliphatic carbocycles. The Morgan fingerprint density at radius 3 is 2.38 bits per heavy atom. The first-order valence-corrected chi connectivity index (χ1v) is 6.82. The summed E-state index contributed by atoms with van der Waals surface area (Å²) in [5, 5.41) is 3.50. The zero-order chi connectivity index (χ0) is 12.4. The fourth-order valence-electron chi connectivity index (χ4n) is 1.64. The second-order valence-corrected chi connectivity index (χ2v) is 5.71. The van der Waals surface area contributed by atoms with Gasteiger partial charge in [-0.25, -0.2) is 0 Å². The third-order valence-corrected chi connectivity index (χ3v) is 2.57. The topological polar surface area (TPSA) is 21.3 Å². The van der Waals surface area contributed by atoms with Crippen LogP contribution in [-0.4, -0.2) is 24.8 Å². The van der Waals surface area contributed by atoms with Crippen molar-refractivity contribution >= 4 is 0 Å². The van der Waals surface area contributed by atoms with E-state index >= 15 is 0 Å². The molecule has 0 amide bonds. The maximum atomic E-state index is 5.71. The third kappa shape index (κ3) is 12.0. The molecule has 1 N–H and O–H groups in total. The molecule has 0 saturated carbocycles. The lowest BCUT2D eigenvalue weighted by Crippen LogP contribution is -2.36. The molecule has 16 heavy (non-hydrogen) atoms. The molecule has 98 valence electrons. The van der Waals surface area contributed by atoms with Crippen LogP contribution >= 0.6 is 0 Å². The predicted molar refractivity (Wildman–Crippen MR) is 71.9 cm³/mol. The highest BCUT2D eigenvalue weighted by molar-refractivity contribution is 4.69. The molecule has 0 saturated heterocycles. The summed E-state index contributed by atoms with van der Waals surface area (Å²) in [6.45, 7) is 13.1. The van der Waals surface area contributed by atoms with Crippen molar-refractivity contribution < 1.29 is 4.74 Å². The van der Waals surface area contributed by atoms with Gasteiger partial charge in [0.05, 0.1) is 6.10 Å². The molecule has 0 radical (unpaired) electrons. The molecule has 0 aromatic carbocycles. The van der Waals surface area contributed by atoms with Crippen LogP contribution in [0.2, 0.25) is 0 Å². The number of hydrogen-bond acceptors (Lipinski definition) is 2. The van der Waals surface area contributed by atoms with E-state index in [9.17, 15) is 0 Å². The summed E-state index contributed by atoms with van der Waals surface area (Å²) in [7, 11) is 0. The van der Waals surface area contributed by atoms with Gasteiger partial charge in [0.15, 0.2) is 0 Å². The summed E-state index contributed by atoms with van der Waals surface area (Å²) in [6, 6.07) is 0. The van der Waals surface area contributed by atoms with Gasteiger partial charge in [0.1, 0.15) is 0 Å². The van der Waals surface area contributed by atoms with Crippen LogP contribution in [0.4, 0.5) is 0 Å². The number of hydrogen-bond donors (Lipinski definition) is 1. The monoisotopic (exact) mass is 229 g/mol. The Labute approximate surface area is 102 Å². The van der Waals surface area contributed by atoms with Gasteiger partial charge in [0.2, 0.25) is 0 Å². The Hall–Kier alpha value is -0.0800. The average Bonchev–Trinajstić information content (AvgIpc) is 2.15. The molecule has 2 heteroatoms. The van der Waals surface area contributed by atoms with Gasteiger partial charge in [-0.3, -0.25) is 0 Å². The number of unbranched alkanes of at least 4 members (excludes halogenated alkanes) is 2. The zero-order valence-electron chi connectivity index (χ0n) is 11.9. The van der Waals surface area contributed by atoms with Crippen LogP contribution in [-0.2, 0) is 4.74 Å². The van der Waals surface area contributed by atoms with Crippen LogP contribution in [0.3, 0.4) is 0 Å². The maximum Gasteiger partial charge on any atom is 0.0546 e. The average molecular weight is 229 g/mol. The highest BCUT2D eigenvalue weighted by atomic mass is 16.5. The highest BCUT2D eigenvalue weighted by Gasteiger charge is 2.06. The minimum absolute atomic E-state index is 0.256. The summed E-state index contributed by atoms with van der Waals surface area (Å²) < 4.78 is 5.71. The summed E-state index contributed by atoms with van der Waals surface area (Å²) in [4.78, 5) is 0. The molecule has 0 aromatic rings. The summed E-state index contributed by atoms with van der Waals surface area (Å²) >= 11 is 0. The Morgan fingerprint density at radius 2 is 1.81 bits per heavy atom. The number of ether oxygens (including phenoxy) is 1. The largest absolute Gasteiger partial charge is 0.379 e. The summed E-state index contributed by atoms with van der Waals surface area (Å²) in [5.41, 5.74) is 0.256. The fourth-order valence-corrected chi connectivity index (χ4v) is 1.64. The van der Waals surface area contributed by atoms with Crippen LogP contribution in [0.15, 0.2) is 0 Å². The lowest BCUT2D eigenvalue weighted by Gasteiger charge is -2.20. The van der Waals surface area contributed by atoms with E-state index in [0.717, 1.165) is 13.2 Å². The normalized spacial score (nSPS) is 14.1. The van der Waals surface area contributed by atoms with Gasteiger partial charge in [-0.1, -0.05) is 13.3 Å². The molecule has 1 atom stereocenters. The van der Waals surface area contributed by atoms with E-state index in [-0.39, 0.29) is 5.54 Å². The maximum absolute atomic E-state index is 5.71. The van der Waals surface area contributed by atoms with Gasteiger partial charge in [-0.15, -0.1) is 0 Å². The predicted octanol–water partition coefficient (Wildman–Crippen LogP) is 3.75. The second-order valence-electron chi connectivity index (χ2n) is 5.71. The van der Waals surface area contributed by atoms with Crippen molar-refractivity contribution in [3.05, 3.63) is 0 Å². The first kappa shape index (κ1) is 15.9. The molecular formula is C14H31NO. The van der Waals surface area contributed by atoms with Crippen molar-refractivity contribution in [1.82, 2.24) is 5.32 Å². The lowest BCUT2D eigenvalue weighted by molar-refractivity contribution is 0.0571. The van der Waals surface area contributed by atoms with Gasteiger partial charge in [0.25, 0.3) is 0 Å². The van der Waals surface area contributed by atoms with Crippen LogP contribution in [0, 0.1) is 0 Å². The Kier molecular flexibility index (Phi) is 8.96. The molecule has 0 rings (SSSR count). The van der Waals surface area contributed by atoms with Gasteiger partial charge in [0, 0.05) is 12.1 Å². The quantitative estimate of drug-likeness (QED) is 0.608. The van der Waals surface area contributed by atoms with Crippen molar-refractivity contribution in [2.75, 3.05) is 13.2 Å². The molecular weight excluding hydrogens is 198 g/mol. The van der Waals surface area contributed by atoms with Crippen LogP contribution in [0.5, 0.6) is 0 Å². The standard InChI is InChI=1S/C14H31NO/c1-6-10-13(2)16-12-9-7-8-11-15-14(3,4)5/h13,15H,6-12H2,1-5H3. The first-order valence-electron chi connectivity index (χ1n) is 6.82. The van der Waals surface area contributed by atoms with E-state index in [2.05, 4.69) is 39.9 Å². The molecule has 0 bridgehead atoms. The van der Waals surface area contributed by atoms with E-state index in [1.807, 2.05) is 0 Å². The minimum Gasteiger partial charge on any atom is -0.379 e. The number of rotatable bonds is 9. The van der Waals surface area contributed by atoms with Crippen LogP contribution in [0.25, 0.3) is 0 Å². The van der Waals surface area contributed by atoms with E-state index in [1.165, 1.54) is 32.1 Å². The molecule has 0 heterocycles. The van der Waals surface area contributed by atoms with E-state index in [1.54, 1.807) is 0 Å². The molecule has 0 fully saturated rings. The lowest BCUT2D eigenvalue weighted by atomic mass is 10.1. The van der Waals surface area contributed by atoms with Crippen molar-refractivity contribution in [2.45, 2.75) is 78.4 Å². The second kappa shape index (κ2) is 9.00. The van der Waals surface area contributed by atoms with Crippen molar-refractivity contribution in [3.8, 4) is 0 Å². The van der Waals surface area contributed by atoms with Gasteiger partial charge in [-0.05, 0) is 59.9 Å². The van der Waals surface area contributed by atoms with Crippen molar-refractivity contribution in [2.24, 2.45) is 0 Å². The van der Waals surface area contributed by atoms with Gasteiger partial charge >= 0.3 is 0 Å². The van der Waals surface area contributed by atoms with Crippen molar-refractivity contribution in [3.63, 3.8) is 0 Å². The molecule has 1 unspecified atom stereocenters. The Morgan fingerprint density at radius 1 is 1.12 bits per heavy atom. The van der Waals surface area contributed by atoms with Gasteiger partial charge < -0.3 is 10.1 Å². The molecule has 0 aliphatic heterocycles. The van der Waals surface area contributed by atoms with E-state index < -0.39 is 0 Å². The van der Waals surface area contributed by atoms with Crippen LogP contribution < -0.4 is 5.32 Å². The molecule has 0 aliphatic rings. The summed E-state index contributed by atoms with van der Waals surface area (Å²) in [5.74, 6) is 0. The smallest absolute Gasteiger partial charge is 0.0546 e. The molecule has 0 aromatic heterocycles. The summed E-state index contributed by atoms with van der Waals surface area (Å²) in [6.07, 6.45) is 6.56.